The quantitative estimate of drug-likeness (QED) is 0.557. The van der Waals surface area contributed by atoms with Gasteiger partial charge in [0.25, 0.3) is 0 Å². The Morgan fingerprint density at radius 2 is 2.22 bits per heavy atom. The van der Waals surface area contributed by atoms with Crippen LogP contribution in [-0.2, 0) is 0 Å². The number of halogens is 1. The first-order valence-corrected chi connectivity index (χ1v) is 3.27. The van der Waals surface area contributed by atoms with Crippen LogP contribution in [0.1, 0.15) is 12.8 Å². The fourth-order valence-corrected chi connectivity index (χ4v) is 1.58. The van der Waals surface area contributed by atoms with Gasteiger partial charge in [-0.15, -0.1) is 12.4 Å². The average molecular weight is 150 g/mol. The van der Waals surface area contributed by atoms with Crippen LogP contribution >= 0.6 is 12.4 Å². The zero-order valence-corrected chi connectivity index (χ0v) is 6.03. The number of hydrogen-bond acceptors (Lipinski definition) is 2. The molecule has 54 valence electrons. The van der Waals surface area contributed by atoms with Gasteiger partial charge in [-0.05, 0) is 18.8 Å². The third-order valence-corrected chi connectivity index (χ3v) is 2.18. The van der Waals surface area contributed by atoms with Gasteiger partial charge in [0.1, 0.15) is 0 Å². The van der Waals surface area contributed by atoms with Gasteiger partial charge in [0.15, 0.2) is 0 Å². The van der Waals surface area contributed by atoms with Crippen LogP contribution in [0.5, 0.6) is 0 Å². The van der Waals surface area contributed by atoms with E-state index in [4.69, 9.17) is 5.11 Å². The van der Waals surface area contributed by atoms with Crippen LogP contribution < -0.4 is 5.32 Å². The minimum Gasteiger partial charge on any atom is -0.395 e. The molecule has 9 heavy (non-hydrogen) atoms. The van der Waals surface area contributed by atoms with Crippen LogP contribution in [-0.4, -0.2) is 23.8 Å². The van der Waals surface area contributed by atoms with Gasteiger partial charge in [-0.2, -0.15) is 0 Å². The normalized spacial score (nSPS) is 45.7. The van der Waals surface area contributed by atoms with E-state index in [0.29, 0.717) is 12.6 Å². The summed E-state index contributed by atoms with van der Waals surface area (Å²) in [6.45, 7) is 0.326. The molecule has 1 aliphatic carbocycles. The predicted octanol–water partition coefficient (Wildman–Crippen LogP) is 0.151. The van der Waals surface area contributed by atoms with Crippen molar-refractivity contribution >= 4 is 12.4 Å². The average Bonchev–Trinajstić information content (AvgIpc) is 2.40. The summed E-state index contributed by atoms with van der Waals surface area (Å²) >= 11 is 0. The van der Waals surface area contributed by atoms with E-state index >= 15 is 0 Å². The molecule has 2 nitrogen and oxygen atoms in total. The number of aliphatic hydroxyl groups excluding tert-OH is 1. The van der Waals surface area contributed by atoms with Gasteiger partial charge in [-0.3, -0.25) is 0 Å². The largest absolute Gasteiger partial charge is 0.395 e. The van der Waals surface area contributed by atoms with Crippen molar-refractivity contribution in [3.63, 3.8) is 0 Å². The van der Waals surface area contributed by atoms with E-state index in [2.05, 4.69) is 5.32 Å². The van der Waals surface area contributed by atoms with Crippen molar-refractivity contribution in [2.24, 2.45) is 5.92 Å². The molecule has 3 heteroatoms. The Hall–Kier alpha value is 0.210. The molecule has 2 fully saturated rings. The van der Waals surface area contributed by atoms with Crippen molar-refractivity contribution in [1.29, 1.82) is 0 Å². The third kappa shape index (κ3) is 1.20. The molecule has 2 rings (SSSR count). The molecule has 3 atom stereocenters. The van der Waals surface area contributed by atoms with Crippen LogP contribution in [0, 0.1) is 5.92 Å². The number of fused-ring (bicyclic) bond motifs is 1. The highest BCUT2D eigenvalue weighted by Crippen LogP contribution is 2.40. The van der Waals surface area contributed by atoms with Crippen LogP contribution in [0.3, 0.4) is 0 Å². The molecule has 0 aromatic carbocycles. The number of hydrogen-bond donors (Lipinski definition) is 2. The molecule has 2 N–H and O–H groups in total. The number of nitrogens with one attached hydrogen (secondary N) is 1. The van der Waals surface area contributed by atoms with Crippen LogP contribution in [0.2, 0.25) is 0 Å². The van der Waals surface area contributed by atoms with Crippen LogP contribution in [0.25, 0.3) is 0 Å². The van der Waals surface area contributed by atoms with Crippen molar-refractivity contribution in [3.05, 3.63) is 0 Å². The smallest absolute Gasteiger partial charge is 0.0584 e. The van der Waals surface area contributed by atoms with E-state index in [1.54, 1.807) is 0 Å². The first kappa shape index (κ1) is 7.32. The maximum atomic E-state index is 8.64. The minimum atomic E-state index is 0. The first-order valence-electron chi connectivity index (χ1n) is 3.27. The molecular weight excluding hydrogens is 138 g/mol. The molecule has 2 aliphatic rings. The highest BCUT2D eigenvalue weighted by atomic mass is 35.5. The fraction of sp³-hybridized carbons (Fsp3) is 1.00. The van der Waals surface area contributed by atoms with Gasteiger partial charge in [0, 0.05) is 12.1 Å². The monoisotopic (exact) mass is 149 g/mol. The van der Waals surface area contributed by atoms with Gasteiger partial charge >= 0.3 is 0 Å². The number of rotatable bonds is 1. The van der Waals surface area contributed by atoms with Gasteiger partial charge in [0.05, 0.1) is 6.61 Å². The van der Waals surface area contributed by atoms with Crippen LogP contribution in [0.4, 0.5) is 0 Å². The van der Waals surface area contributed by atoms with Gasteiger partial charge in [0.2, 0.25) is 0 Å². The van der Waals surface area contributed by atoms with E-state index < -0.39 is 0 Å². The van der Waals surface area contributed by atoms with Crippen molar-refractivity contribution in [2.75, 3.05) is 6.61 Å². The Morgan fingerprint density at radius 1 is 1.44 bits per heavy atom. The summed E-state index contributed by atoms with van der Waals surface area (Å²) in [5, 5.41) is 12.0. The SMILES string of the molecule is Cl.OC[C@@H]1C[C@H]2C[C@H]2N1. The second-order valence-electron chi connectivity index (χ2n) is 2.88. The Kier molecular flexibility index (Phi) is 1.99. The molecule has 0 aromatic heterocycles. The predicted molar refractivity (Wildman–Crippen MR) is 37.8 cm³/mol. The second-order valence-corrected chi connectivity index (χ2v) is 2.88. The molecular formula is C6H12ClNO. The highest BCUT2D eigenvalue weighted by molar-refractivity contribution is 5.85. The lowest BCUT2D eigenvalue weighted by Crippen LogP contribution is -2.28. The zero-order chi connectivity index (χ0) is 5.56. The summed E-state index contributed by atoms with van der Waals surface area (Å²) in [6, 6.07) is 1.21. The molecule has 1 saturated heterocycles. The molecule has 1 aliphatic heterocycles. The Morgan fingerprint density at radius 3 is 2.56 bits per heavy atom. The molecule has 0 amide bonds. The molecule has 0 spiro atoms. The van der Waals surface area contributed by atoms with Crippen molar-refractivity contribution in [1.82, 2.24) is 5.32 Å². The lowest BCUT2D eigenvalue weighted by atomic mass is 10.2. The maximum absolute atomic E-state index is 8.64. The summed E-state index contributed by atoms with van der Waals surface area (Å²) in [4.78, 5) is 0. The van der Waals surface area contributed by atoms with E-state index in [9.17, 15) is 0 Å². The summed E-state index contributed by atoms with van der Waals surface area (Å²) in [7, 11) is 0. The minimum absolute atomic E-state index is 0. The van der Waals surface area contributed by atoms with E-state index in [0.717, 1.165) is 12.0 Å². The summed E-state index contributed by atoms with van der Waals surface area (Å²) < 4.78 is 0. The topological polar surface area (TPSA) is 32.3 Å². The Balaban J connectivity index is 0.000000405. The van der Waals surface area contributed by atoms with Gasteiger partial charge in [-0.25, -0.2) is 0 Å². The van der Waals surface area contributed by atoms with Gasteiger partial charge < -0.3 is 10.4 Å². The number of aliphatic hydroxyl groups is 1. The molecule has 1 saturated carbocycles. The molecule has 0 bridgehead atoms. The standard InChI is InChI=1S/C6H11NO.ClH/c8-3-5-1-4-2-6(4)7-5;/h4-8H,1-3H2;1H/t4-,5-,6+;/m0./s1. The van der Waals surface area contributed by atoms with Crippen molar-refractivity contribution in [2.45, 2.75) is 24.9 Å². The van der Waals surface area contributed by atoms with Crippen molar-refractivity contribution in [3.8, 4) is 0 Å². The molecule has 0 unspecified atom stereocenters. The third-order valence-electron chi connectivity index (χ3n) is 2.18. The number of piperidine rings is 1. The second kappa shape index (κ2) is 2.45. The Bertz CT molecular complexity index is 99.2. The summed E-state index contributed by atoms with van der Waals surface area (Å²) in [6.07, 6.45) is 2.57. The molecule has 0 aromatic rings. The fourth-order valence-electron chi connectivity index (χ4n) is 1.58. The lowest BCUT2D eigenvalue weighted by molar-refractivity contribution is 0.246. The Labute approximate surface area is 61.0 Å². The van der Waals surface area contributed by atoms with E-state index in [1.165, 1.54) is 12.8 Å². The van der Waals surface area contributed by atoms with E-state index in [-0.39, 0.29) is 12.4 Å². The van der Waals surface area contributed by atoms with E-state index in [1.807, 2.05) is 0 Å². The zero-order valence-electron chi connectivity index (χ0n) is 5.21. The van der Waals surface area contributed by atoms with Crippen molar-refractivity contribution < 1.29 is 5.11 Å². The maximum Gasteiger partial charge on any atom is 0.0584 e. The first-order chi connectivity index (χ1) is 3.90. The molecule has 0 radical (unpaired) electrons. The van der Waals surface area contributed by atoms with Crippen LogP contribution in [0.15, 0.2) is 0 Å². The lowest BCUT2D eigenvalue weighted by Gasteiger charge is -2.06. The summed E-state index contributed by atoms with van der Waals surface area (Å²) in [5.41, 5.74) is 0. The highest BCUT2D eigenvalue weighted by Gasteiger charge is 2.45. The molecule has 1 heterocycles. The van der Waals surface area contributed by atoms with Gasteiger partial charge in [-0.1, -0.05) is 0 Å². The summed E-state index contributed by atoms with van der Waals surface area (Å²) in [5.74, 6) is 0.923.